The van der Waals surface area contributed by atoms with Gasteiger partial charge in [-0.15, -0.1) is 0 Å². The minimum Gasteiger partial charge on any atom is -0.443 e. The molecule has 33 heavy (non-hydrogen) atoms. The maximum atomic E-state index is 13.4. The highest BCUT2D eigenvalue weighted by Gasteiger charge is 2.39. The van der Waals surface area contributed by atoms with Gasteiger partial charge in [0.1, 0.15) is 23.3 Å². The summed E-state index contributed by atoms with van der Waals surface area (Å²) in [5, 5.41) is 2.75. The summed E-state index contributed by atoms with van der Waals surface area (Å²) in [6, 6.07) is 3.20. The van der Waals surface area contributed by atoms with Crippen molar-refractivity contribution in [2.45, 2.75) is 38.2 Å². The lowest BCUT2D eigenvalue weighted by molar-refractivity contribution is 0.0207. The number of halogens is 2. The number of nitrogen functional groups attached to an aromatic ring is 1. The first-order valence-corrected chi connectivity index (χ1v) is 10.5. The van der Waals surface area contributed by atoms with E-state index < -0.39 is 12.0 Å². The van der Waals surface area contributed by atoms with Gasteiger partial charge in [0.25, 0.3) is 5.92 Å². The van der Waals surface area contributed by atoms with Gasteiger partial charge in [-0.1, -0.05) is 0 Å². The van der Waals surface area contributed by atoms with Crippen molar-refractivity contribution in [2.75, 3.05) is 12.3 Å². The summed E-state index contributed by atoms with van der Waals surface area (Å²) < 4.78 is 34.2. The van der Waals surface area contributed by atoms with Crippen LogP contribution in [-0.2, 0) is 0 Å². The third-order valence-electron chi connectivity index (χ3n) is 5.70. The highest BCUT2D eigenvalue weighted by molar-refractivity contribution is 5.99. The van der Waals surface area contributed by atoms with Gasteiger partial charge in [-0.3, -0.25) is 4.79 Å². The second-order valence-corrected chi connectivity index (χ2v) is 8.14. The van der Waals surface area contributed by atoms with Gasteiger partial charge in [0.05, 0.1) is 12.7 Å². The number of nitrogens with two attached hydrogens (primary N) is 1. The number of hydrogen-bond acceptors (Lipinski definition) is 8. The monoisotopic (exact) mass is 453 g/mol. The van der Waals surface area contributed by atoms with Gasteiger partial charge >= 0.3 is 0 Å². The molecular formula is C22H21F2N7O2. The molecule has 1 aliphatic heterocycles. The number of aryl methyl sites for hydroxylation is 1. The van der Waals surface area contributed by atoms with E-state index in [0.29, 0.717) is 17.0 Å². The van der Waals surface area contributed by atoms with E-state index >= 15 is 0 Å². The van der Waals surface area contributed by atoms with Crippen molar-refractivity contribution in [3.63, 3.8) is 0 Å². The van der Waals surface area contributed by atoms with Gasteiger partial charge in [0.15, 0.2) is 17.3 Å². The lowest BCUT2D eigenvalue weighted by Gasteiger charge is -2.12. The second kappa shape index (κ2) is 8.00. The van der Waals surface area contributed by atoms with E-state index in [1.165, 1.54) is 12.5 Å². The van der Waals surface area contributed by atoms with Crippen molar-refractivity contribution in [1.29, 1.82) is 0 Å². The van der Waals surface area contributed by atoms with Gasteiger partial charge in [-0.2, -0.15) is 0 Å². The maximum absolute atomic E-state index is 13.4. The number of nitrogens with one attached hydrogen (secondary N) is 1. The van der Waals surface area contributed by atoms with Crippen LogP contribution < -0.4 is 11.1 Å². The smallest absolute Gasteiger partial charge is 0.261 e. The fourth-order valence-electron chi connectivity index (χ4n) is 4.01. The molecule has 0 saturated carbocycles. The molecule has 11 heteroatoms. The third-order valence-corrected chi connectivity index (χ3v) is 5.70. The van der Waals surface area contributed by atoms with Crippen molar-refractivity contribution in [3.05, 3.63) is 48.4 Å². The Morgan fingerprint density at radius 2 is 2.15 bits per heavy atom. The molecule has 0 spiro atoms. The molecule has 0 bridgehead atoms. The van der Waals surface area contributed by atoms with Crippen LogP contribution in [0, 0.1) is 6.92 Å². The molecule has 4 aromatic heterocycles. The fraction of sp³-hybridized carbons (Fsp3) is 0.318. The van der Waals surface area contributed by atoms with Gasteiger partial charge in [-0.05, 0) is 25.5 Å². The first kappa shape index (κ1) is 21.1. The fourth-order valence-corrected chi connectivity index (χ4v) is 4.01. The van der Waals surface area contributed by atoms with Crippen LogP contribution in [0.3, 0.4) is 0 Å². The van der Waals surface area contributed by atoms with Crippen molar-refractivity contribution in [2.24, 2.45) is 0 Å². The minimum absolute atomic E-state index is 0.00693. The van der Waals surface area contributed by atoms with Crippen molar-refractivity contribution in [1.82, 2.24) is 29.7 Å². The molecule has 0 aromatic carbocycles. The molecular weight excluding hydrogens is 432 g/mol. The number of aromatic nitrogens is 5. The molecule has 3 N–H and O–H groups in total. The van der Waals surface area contributed by atoms with Crippen LogP contribution in [0.15, 0.2) is 41.4 Å². The van der Waals surface area contributed by atoms with E-state index in [2.05, 4.69) is 25.3 Å². The molecule has 1 saturated heterocycles. The normalized spacial score (nSPS) is 17.6. The lowest BCUT2D eigenvalue weighted by atomic mass is 10.0. The van der Waals surface area contributed by atoms with Crippen LogP contribution in [-0.4, -0.2) is 48.6 Å². The standard InChI is InChI=1S/C22H21F2N7O2/c1-12-9-27-16-5-2-13(10-31(12)16)17-19(21-26-6-7-33-21)30-20(25)18(29-17)15(32)4-3-14-8-22(23,24)11-28-14/h2,5-7,9-10,14,28H,3-4,8,11H2,1H3,(H2,25,30)/t14-/m1/s1. The summed E-state index contributed by atoms with van der Waals surface area (Å²) in [6.07, 6.45) is 6.45. The summed E-state index contributed by atoms with van der Waals surface area (Å²) >= 11 is 0. The van der Waals surface area contributed by atoms with Gasteiger partial charge in [0, 0.05) is 42.5 Å². The van der Waals surface area contributed by atoms with E-state index in [1.807, 2.05) is 29.7 Å². The zero-order valence-corrected chi connectivity index (χ0v) is 17.8. The lowest BCUT2D eigenvalue weighted by Crippen LogP contribution is -2.23. The molecule has 0 radical (unpaired) electrons. The highest BCUT2D eigenvalue weighted by atomic mass is 19.3. The number of alkyl halides is 2. The van der Waals surface area contributed by atoms with E-state index in [1.54, 1.807) is 6.20 Å². The number of pyridine rings is 1. The quantitative estimate of drug-likeness (QED) is 0.426. The topological polar surface area (TPSA) is 124 Å². The first-order valence-electron chi connectivity index (χ1n) is 10.5. The Bertz CT molecular complexity index is 1330. The predicted octanol–water partition coefficient (Wildman–Crippen LogP) is 3.30. The van der Waals surface area contributed by atoms with Crippen LogP contribution in [0.4, 0.5) is 14.6 Å². The van der Waals surface area contributed by atoms with E-state index in [-0.39, 0.29) is 49.0 Å². The van der Waals surface area contributed by atoms with Gasteiger partial charge < -0.3 is 19.9 Å². The first-order chi connectivity index (χ1) is 15.8. The SMILES string of the molecule is Cc1cnc2ccc(-c3nc(C(=O)CC[C@@H]4CC(F)(F)CN4)c(N)nc3-c3ncco3)cn12. The molecule has 1 aliphatic rings. The Morgan fingerprint density at radius 1 is 1.30 bits per heavy atom. The summed E-state index contributed by atoms with van der Waals surface area (Å²) in [5.74, 6) is -2.97. The number of ketones is 1. The highest BCUT2D eigenvalue weighted by Crippen LogP contribution is 2.32. The minimum atomic E-state index is -2.75. The van der Waals surface area contributed by atoms with Crippen LogP contribution in [0.5, 0.6) is 0 Å². The average Bonchev–Trinajstić information content (AvgIpc) is 3.52. The summed E-state index contributed by atoms with van der Waals surface area (Å²) in [5.41, 5.74) is 9.09. The Kier molecular flexibility index (Phi) is 5.12. The second-order valence-electron chi connectivity index (χ2n) is 8.14. The average molecular weight is 453 g/mol. The largest absolute Gasteiger partial charge is 0.443 e. The molecule has 4 aromatic rings. The zero-order chi connectivity index (χ0) is 23.2. The third kappa shape index (κ3) is 4.07. The van der Waals surface area contributed by atoms with E-state index in [4.69, 9.17) is 10.2 Å². The molecule has 5 heterocycles. The van der Waals surface area contributed by atoms with Gasteiger partial charge in [-0.25, -0.2) is 28.7 Å². The van der Waals surface area contributed by atoms with Gasteiger partial charge in [0.2, 0.25) is 5.89 Å². The molecule has 9 nitrogen and oxygen atoms in total. The number of oxazole rings is 1. The number of anilines is 1. The zero-order valence-electron chi connectivity index (χ0n) is 17.8. The molecule has 0 unspecified atom stereocenters. The summed E-state index contributed by atoms with van der Waals surface area (Å²) in [6.45, 7) is 1.54. The van der Waals surface area contributed by atoms with E-state index in [0.717, 1.165) is 11.3 Å². The Labute approximate surface area is 187 Å². The Balaban J connectivity index is 1.51. The maximum Gasteiger partial charge on any atom is 0.261 e. The number of carbonyl (C=O) groups is 1. The number of fused-ring (bicyclic) bond motifs is 1. The molecule has 1 fully saturated rings. The van der Waals surface area contributed by atoms with E-state index in [9.17, 15) is 13.6 Å². The number of hydrogen-bond donors (Lipinski definition) is 2. The molecule has 0 aliphatic carbocycles. The molecule has 170 valence electrons. The number of Topliss-reactive ketones (excluding diaryl/α,β-unsaturated/α-hetero) is 1. The summed E-state index contributed by atoms with van der Waals surface area (Å²) in [4.78, 5) is 30.3. The molecule has 5 rings (SSSR count). The Morgan fingerprint density at radius 3 is 2.88 bits per heavy atom. The van der Waals surface area contributed by atoms with Crippen molar-refractivity contribution < 1.29 is 18.0 Å². The predicted molar refractivity (Wildman–Crippen MR) is 116 cm³/mol. The Hall–Kier alpha value is -3.73. The molecule has 1 atom stereocenters. The number of rotatable bonds is 6. The summed E-state index contributed by atoms with van der Waals surface area (Å²) in [7, 11) is 0. The number of nitrogens with zero attached hydrogens (tertiary/aromatic N) is 5. The van der Waals surface area contributed by atoms with Crippen LogP contribution in [0.25, 0.3) is 28.5 Å². The van der Waals surface area contributed by atoms with Crippen molar-refractivity contribution >= 4 is 17.2 Å². The number of carbonyl (C=O) groups excluding carboxylic acids is 1. The number of imidazole rings is 1. The van der Waals surface area contributed by atoms with Crippen LogP contribution in [0.1, 0.15) is 35.4 Å². The van der Waals surface area contributed by atoms with Crippen LogP contribution >= 0.6 is 0 Å². The van der Waals surface area contributed by atoms with Crippen molar-refractivity contribution in [3.8, 4) is 22.8 Å². The molecule has 0 amide bonds. The van der Waals surface area contributed by atoms with Crippen LogP contribution in [0.2, 0.25) is 0 Å².